The second kappa shape index (κ2) is 9.79. The van der Waals surface area contributed by atoms with Crippen molar-refractivity contribution in [3.8, 4) is 11.3 Å². The Morgan fingerprint density at radius 3 is 2.34 bits per heavy atom. The van der Waals surface area contributed by atoms with Crippen molar-refractivity contribution in [2.75, 3.05) is 14.1 Å². The van der Waals surface area contributed by atoms with E-state index in [0.29, 0.717) is 19.4 Å². The third-order valence-electron chi connectivity index (χ3n) is 5.56. The van der Waals surface area contributed by atoms with Crippen molar-refractivity contribution in [3.05, 3.63) is 95.3 Å². The van der Waals surface area contributed by atoms with Gasteiger partial charge in [0, 0.05) is 36.1 Å². The Morgan fingerprint density at radius 2 is 1.62 bits per heavy atom. The number of aryl methyl sites for hydroxylation is 1. The minimum Gasteiger partial charge on any atom is -0.354 e. The number of amides is 1. The van der Waals surface area contributed by atoms with Crippen LogP contribution in [0.2, 0.25) is 0 Å². The van der Waals surface area contributed by atoms with E-state index in [2.05, 4.69) is 45.5 Å². The van der Waals surface area contributed by atoms with Gasteiger partial charge in [-0.25, -0.2) is 4.39 Å². The van der Waals surface area contributed by atoms with E-state index in [4.69, 9.17) is 0 Å². The predicted octanol–water partition coefficient (Wildman–Crippen LogP) is 5.28. The highest BCUT2D eigenvalue weighted by Gasteiger charge is 2.14. The standard InChI is InChI=1S/C27H28FN3O/c1-31(2)18-20-9-7-19(8-10-20)17-29-26(32)16-15-24-23-5-3-4-6-25(23)30-27(24)21-11-13-22(28)14-12-21/h3-14,30H,15-18H2,1-2H3,(H,29,32). The number of hydrogen-bond donors (Lipinski definition) is 2. The van der Waals surface area contributed by atoms with Crippen LogP contribution >= 0.6 is 0 Å². The number of fused-ring (bicyclic) bond motifs is 1. The molecule has 1 amide bonds. The maximum Gasteiger partial charge on any atom is 0.220 e. The number of rotatable bonds is 8. The third kappa shape index (κ3) is 5.24. The Balaban J connectivity index is 1.43. The summed E-state index contributed by atoms with van der Waals surface area (Å²) in [4.78, 5) is 18.1. The first kappa shape index (κ1) is 21.8. The SMILES string of the molecule is CN(C)Cc1ccc(CNC(=O)CCc2c(-c3ccc(F)cc3)[nH]c3ccccc23)cc1. The zero-order valence-corrected chi connectivity index (χ0v) is 18.5. The summed E-state index contributed by atoms with van der Waals surface area (Å²) in [5, 5.41) is 4.12. The van der Waals surface area contributed by atoms with E-state index in [0.717, 1.165) is 39.8 Å². The molecule has 0 aliphatic heterocycles. The molecule has 0 bridgehead atoms. The maximum absolute atomic E-state index is 13.4. The lowest BCUT2D eigenvalue weighted by Crippen LogP contribution is -2.23. The van der Waals surface area contributed by atoms with Gasteiger partial charge in [-0.2, -0.15) is 0 Å². The molecule has 0 aliphatic carbocycles. The van der Waals surface area contributed by atoms with Crippen LogP contribution in [-0.2, 0) is 24.3 Å². The van der Waals surface area contributed by atoms with Gasteiger partial charge < -0.3 is 15.2 Å². The van der Waals surface area contributed by atoms with Crippen LogP contribution in [0.5, 0.6) is 0 Å². The lowest BCUT2D eigenvalue weighted by Gasteiger charge is -2.11. The van der Waals surface area contributed by atoms with Gasteiger partial charge in [0.2, 0.25) is 5.91 Å². The van der Waals surface area contributed by atoms with E-state index >= 15 is 0 Å². The van der Waals surface area contributed by atoms with Crippen LogP contribution in [0, 0.1) is 5.82 Å². The predicted molar refractivity (Wildman–Crippen MR) is 128 cm³/mol. The van der Waals surface area contributed by atoms with Gasteiger partial charge in [0.1, 0.15) is 5.82 Å². The first-order valence-electron chi connectivity index (χ1n) is 10.8. The summed E-state index contributed by atoms with van der Waals surface area (Å²) >= 11 is 0. The molecule has 5 heteroatoms. The van der Waals surface area contributed by atoms with Crippen LogP contribution in [0.15, 0.2) is 72.8 Å². The van der Waals surface area contributed by atoms with Gasteiger partial charge in [-0.3, -0.25) is 4.79 Å². The minimum absolute atomic E-state index is 0.0118. The number of aromatic nitrogens is 1. The molecule has 0 aliphatic rings. The number of nitrogens with one attached hydrogen (secondary N) is 2. The number of carbonyl (C=O) groups is 1. The summed E-state index contributed by atoms with van der Waals surface area (Å²) in [7, 11) is 4.09. The Morgan fingerprint density at radius 1 is 0.938 bits per heavy atom. The average molecular weight is 430 g/mol. The van der Waals surface area contributed by atoms with Crippen molar-refractivity contribution in [2.24, 2.45) is 0 Å². The van der Waals surface area contributed by atoms with Crippen LogP contribution in [0.4, 0.5) is 4.39 Å². The fraction of sp³-hybridized carbons (Fsp3) is 0.222. The normalized spacial score (nSPS) is 11.2. The number of para-hydroxylation sites is 1. The topological polar surface area (TPSA) is 48.1 Å². The molecule has 1 heterocycles. The van der Waals surface area contributed by atoms with Gasteiger partial charge in [-0.05, 0) is 73.1 Å². The van der Waals surface area contributed by atoms with E-state index in [1.54, 1.807) is 12.1 Å². The average Bonchev–Trinajstić information content (AvgIpc) is 3.16. The molecule has 4 nitrogen and oxygen atoms in total. The zero-order valence-electron chi connectivity index (χ0n) is 18.5. The zero-order chi connectivity index (χ0) is 22.5. The molecular formula is C27H28FN3O. The molecule has 4 rings (SSSR count). The quantitative estimate of drug-likeness (QED) is 0.400. The van der Waals surface area contributed by atoms with E-state index in [-0.39, 0.29) is 11.7 Å². The van der Waals surface area contributed by atoms with Crippen molar-refractivity contribution in [1.82, 2.24) is 15.2 Å². The van der Waals surface area contributed by atoms with E-state index in [9.17, 15) is 9.18 Å². The second-order valence-corrected chi connectivity index (χ2v) is 8.36. The molecule has 0 unspecified atom stereocenters. The molecule has 0 spiro atoms. The Kier molecular flexibility index (Phi) is 6.66. The number of halogens is 1. The van der Waals surface area contributed by atoms with E-state index in [1.807, 2.05) is 32.3 Å². The molecule has 3 aromatic carbocycles. The fourth-order valence-electron chi connectivity index (χ4n) is 3.98. The molecule has 0 atom stereocenters. The second-order valence-electron chi connectivity index (χ2n) is 8.36. The summed E-state index contributed by atoms with van der Waals surface area (Å²) in [6, 6.07) is 22.8. The molecule has 0 saturated carbocycles. The summed E-state index contributed by atoms with van der Waals surface area (Å²) in [5.41, 5.74) is 6.28. The Labute approximate surface area is 188 Å². The van der Waals surface area contributed by atoms with Gasteiger partial charge in [0.25, 0.3) is 0 Å². The van der Waals surface area contributed by atoms with E-state index < -0.39 is 0 Å². The lowest BCUT2D eigenvalue weighted by molar-refractivity contribution is -0.121. The van der Waals surface area contributed by atoms with Crippen molar-refractivity contribution >= 4 is 16.8 Å². The van der Waals surface area contributed by atoms with Gasteiger partial charge >= 0.3 is 0 Å². The van der Waals surface area contributed by atoms with Crippen molar-refractivity contribution in [2.45, 2.75) is 25.9 Å². The fourth-order valence-corrected chi connectivity index (χ4v) is 3.98. The summed E-state index contributed by atoms with van der Waals surface area (Å²) in [6.45, 7) is 1.41. The molecule has 164 valence electrons. The number of nitrogens with zero attached hydrogens (tertiary/aromatic N) is 1. The van der Waals surface area contributed by atoms with Gasteiger partial charge in [0.15, 0.2) is 0 Å². The van der Waals surface area contributed by atoms with E-state index in [1.165, 1.54) is 17.7 Å². The smallest absolute Gasteiger partial charge is 0.220 e. The number of aromatic amines is 1. The van der Waals surface area contributed by atoms with Crippen molar-refractivity contribution < 1.29 is 9.18 Å². The molecule has 2 N–H and O–H groups in total. The first-order chi connectivity index (χ1) is 15.5. The van der Waals surface area contributed by atoms with Crippen LogP contribution in [0.1, 0.15) is 23.1 Å². The van der Waals surface area contributed by atoms with Crippen molar-refractivity contribution in [1.29, 1.82) is 0 Å². The third-order valence-corrected chi connectivity index (χ3v) is 5.56. The number of benzene rings is 3. The molecule has 0 fully saturated rings. The summed E-state index contributed by atoms with van der Waals surface area (Å²) < 4.78 is 13.4. The molecule has 4 aromatic rings. The highest BCUT2D eigenvalue weighted by molar-refractivity contribution is 5.91. The molecule has 0 radical (unpaired) electrons. The summed E-state index contributed by atoms with van der Waals surface area (Å²) in [5.74, 6) is -0.252. The van der Waals surface area contributed by atoms with Crippen LogP contribution < -0.4 is 5.32 Å². The Bertz CT molecular complexity index is 1190. The largest absolute Gasteiger partial charge is 0.354 e. The molecule has 1 aromatic heterocycles. The lowest BCUT2D eigenvalue weighted by atomic mass is 10.0. The van der Waals surface area contributed by atoms with Crippen LogP contribution in [0.3, 0.4) is 0 Å². The van der Waals surface area contributed by atoms with Crippen LogP contribution in [0.25, 0.3) is 22.2 Å². The highest BCUT2D eigenvalue weighted by atomic mass is 19.1. The van der Waals surface area contributed by atoms with Crippen molar-refractivity contribution in [3.63, 3.8) is 0 Å². The number of H-pyrrole nitrogens is 1. The summed E-state index contributed by atoms with van der Waals surface area (Å²) in [6.07, 6.45) is 0.985. The molecular weight excluding hydrogens is 401 g/mol. The van der Waals surface area contributed by atoms with Crippen LogP contribution in [-0.4, -0.2) is 29.9 Å². The highest BCUT2D eigenvalue weighted by Crippen LogP contribution is 2.31. The van der Waals surface area contributed by atoms with Gasteiger partial charge in [-0.15, -0.1) is 0 Å². The van der Waals surface area contributed by atoms with Gasteiger partial charge in [0.05, 0.1) is 0 Å². The molecule has 0 saturated heterocycles. The molecule has 32 heavy (non-hydrogen) atoms. The Hall–Kier alpha value is -3.44. The van der Waals surface area contributed by atoms with Gasteiger partial charge in [-0.1, -0.05) is 42.5 Å². The number of hydrogen-bond acceptors (Lipinski definition) is 2. The number of carbonyl (C=O) groups excluding carboxylic acids is 1. The monoisotopic (exact) mass is 429 g/mol. The first-order valence-corrected chi connectivity index (χ1v) is 10.8. The minimum atomic E-state index is -0.263. The maximum atomic E-state index is 13.4.